The zero-order valence-corrected chi connectivity index (χ0v) is 12.6. The average Bonchev–Trinajstić information content (AvgIpc) is 2.46. The molecule has 0 aromatic heterocycles. The van der Waals surface area contributed by atoms with Gasteiger partial charge in [-0.3, -0.25) is 0 Å². The predicted octanol–water partition coefficient (Wildman–Crippen LogP) is 5.37. The van der Waals surface area contributed by atoms with Gasteiger partial charge >= 0.3 is 0 Å². The first kappa shape index (κ1) is 14.9. The Hall–Kier alpha value is -0.530. The third kappa shape index (κ3) is 4.22. The maximum absolute atomic E-state index is 10.5. The zero-order valence-electron chi connectivity index (χ0n) is 11.8. The SMILES string of the molecule is CCCCC1CCC(C(O)c2ccc(Cl)cc2)CC1. The molecule has 2 rings (SSSR count). The highest BCUT2D eigenvalue weighted by atomic mass is 35.5. The monoisotopic (exact) mass is 280 g/mol. The highest BCUT2D eigenvalue weighted by Crippen LogP contribution is 2.38. The lowest BCUT2D eigenvalue weighted by Crippen LogP contribution is -2.20. The molecule has 1 aliphatic carbocycles. The van der Waals surface area contributed by atoms with E-state index in [4.69, 9.17) is 11.6 Å². The van der Waals surface area contributed by atoms with Crippen LogP contribution >= 0.6 is 11.6 Å². The lowest BCUT2D eigenvalue weighted by atomic mass is 9.76. The third-order valence-corrected chi connectivity index (χ3v) is 4.77. The van der Waals surface area contributed by atoms with Gasteiger partial charge in [-0.2, -0.15) is 0 Å². The van der Waals surface area contributed by atoms with E-state index in [1.807, 2.05) is 24.3 Å². The number of halogens is 1. The van der Waals surface area contributed by atoms with Crippen LogP contribution in [-0.2, 0) is 0 Å². The molecule has 1 N–H and O–H groups in total. The second kappa shape index (κ2) is 7.31. The van der Waals surface area contributed by atoms with Gasteiger partial charge in [0.1, 0.15) is 0 Å². The number of aliphatic hydroxyl groups excluding tert-OH is 1. The Labute approximate surface area is 122 Å². The molecule has 0 saturated heterocycles. The zero-order chi connectivity index (χ0) is 13.7. The van der Waals surface area contributed by atoms with Crippen molar-refractivity contribution in [1.29, 1.82) is 0 Å². The molecule has 0 aliphatic heterocycles. The van der Waals surface area contributed by atoms with Crippen LogP contribution in [0.25, 0.3) is 0 Å². The first-order valence-corrected chi connectivity index (χ1v) is 8.02. The van der Waals surface area contributed by atoms with Crippen molar-refractivity contribution in [3.63, 3.8) is 0 Å². The highest BCUT2D eigenvalue weighted by molar-refractivity contribution is 6.30. The largest absolute Gasteiger partial charge is 0.388 e. The Morgan fingerprint density at radius 2 is 1.79 bits per heavy atom. The topological polar surface area (TPSA) is 20.2 Å². The molecule has 0 heterocycles. The molecule has 1 saturated carbocycles. The Bertz CT molecular complexity index is 365. The van der Waals surface area contributed by atoms with Crippen molar-refractivity contribution in [3.8, 4) is 0 Å². The summed E-state index contributed by atoms with van der Waals surface area (Å²) < 4.78 is 0. The van der Waals surface area contributed by atoms with Crippen LogP contribution in [0.5, 0.6) is 0 Å². The van der Waals surface area contributed by atoms with Crippen molar-refractivity contribution in [1.82, 2.24) is 0 Å². The van der Waals surface area contributed by atoms with Gasteiger partial charge in [0.15, 0.2) is 0 Å². The van der Waals surface area contributed by atoms with E-state index in [0.29, 0.717) is 5.92 Å². The maximum atomic E-state index is 10.5. The average molecular weight is 281 g/mol. The summed E-state index contributed by atoms with van der Waals surface area (Å²) in [4.78, 5) is 0. The molecule has 1 aromatic rings. The molecule has 0 bridgehead atoms. The van der Waals surface area contributed by atoms with Crippen molar-refractivity contribution in [3.05, 3.63) is 34.9 Å². The van der Waals surface area contributed by atoms with Crippen molar-refractivity contribution in [2.24, 2.45) is 11.8 Å². The summed E-state index contributed by atoms with van der Waals surface area (Å²) in [5.41, 5.74) is 1.02. The Kier molecular flexibility index (Phi) is 5.72. The van der Waals surface area contributed by atoms with Gasteiger partial charge in [0, 0.05) is 5.02 Å². The van der Waals surface area contributed by atoms with E-state index in [1.165, 1.54) is 32.1 Å². The van der Waals surface area contributed by atoms with Crippen LogP contribution in [0, 0.1) is 11.8 Å². The van der Waals surface area contributed by atoms with Crippen LogP contribution in [0.1, 0.15) is 63.5 Å². The molecule has 0 radical (unpaired) electrons. The first-order chi connectivity index (χ1) is 9.20. The minimum atomic E-state index is -0.315. The molecule has 2 heteroatoms. The number of benzene rings is 1. The Morgan fingerprint density at radius 1 is 1.16 bits per heavy atom. The standard InChI is InChI=1S/C17H25ClO/c1-2-3-4-13-5-7-14(8-6-13)17(19)15-9-11-16(18)12-10-15/h9-14,17,19H,2-8H2,1H3. The van der Waals surface area contributed by atoms with Crippen LogP contribution in [0.3, 0.4) is 0 Å². The molecule has 1 atom stereocenters. The molecule has 19 heavy (non-hydrogen) atoms. The van der Waals surface area contributed by atoms with Crippen molar-refractivity contribution in [2.75, 3.05) is 0 Å². The molecule has 1 fully saturated rings. The lowest BCUT2D eigenvalue weighted by Gasteiger charge is -2.31. The van der Waals surface area contributed by atoms with E-state index >= 15 is 0 Å². The van der Waals surface area contributed by atoms with Crippen LogP contribution in [0.2, 0.25) is 5.02 Å². The fourth-order valence-electron chi connectivity index (χ4n) is 3.22. The second-order valence-electron chi connectivity index (χ2n) is 5.92. The van der Waals surface area contributed by atoms with Crippen molar-refractivity contribution in [2.45, 2.75) is 58.0 Å². The van der Waals surface area contributed by atoms with Gasteiger partial charge in [-0.25, -0.2) is 0 Å². The van der Waals surface area contributed by atoms with E-state index in [9.17, 15) is 5.11 Å². The molecule has 106 valence electrons. The van der Waals surface area contributed by atoms with Crippen molar-refractivity contribution < 1.29 is 5.11 Å². The maximum Gasteiger partial charge on any atom is 0.0818 e. The van der Waals surface area contributed by atoms with Gasteiger partial charge < -0.3 is 5.11 Å². The summed E-state index contributed by atoms with van der Waals surface area (Å²) in [6, 6.07) is 7.65. The van der Waals surface area contributed by atoms with Gasteiger partial charge in [-0.05, 0) is 42.4 Å². The number of rotatable bonds is 5. The van der Waals surface area contributed by atoms with Gasteiger partial charge in [0.25, 0.3) is 0 Å². The summed E-state index contributed by atoms with van der Waals surface area (Å²) in [7, 11) is 0. The first-order valence-electron chi connectivity index (χ1n) is 7.64. The van der Waals surface area contributed by atoms with Crippen LogP contribution in [0.4, 0.5) is 0 Å². The minimum Gasteiger partial charge on any atom is -0.388 e. The van der Waals surface area contributed by atoms with E-state index in [1.54, 1.807) is 0 Å². The molecule has 0 amide bonds. The molecule has 1 aromatic carbocycles. The van der Waals surface area contributed by atoms with E-state index in [0.717, 1.165) is 29.3 Å². The fourth-order valence-corrected chi connectivity index (χ4v) is 3.34. The second-order valence-corrected chi connectivity index (χ2v) is 6.36. The smallest absolute Gasteiger partial charge is 0.0818 e. The highest BCUT2D eigenvalue weighted by Gasteiger charge is 2.26. The summed E-state index contributed by atoms with van der Waals surface area (Å²) in [6.07, 6.45) is 8.62. The summed E-state index contributed by atoms with van der Waals surface area (Å²) in [5.74, 6) is 1.33. The molecule has 1 aliphatic rings. The summed E-state index contributed by atoms with van der Waals surface area (Å²) in [6.45, 7) is 2.26. The number of hydrogen-bond donors (Lipinski definition) is 1. The molecule has 1 unspecified atom stereocenters. The lowest BCUT2D eigenvalue weighted by molar-refractivity contribution is 0.0720. The third-order valence-electron chi connectivity index (χ3n) is 4.52. The number of aliphatic hydroxyl groups is 1. The molecule has 0 spiro atoms. The quantitative estimate of drug-likeness (QED) is 0.769. The van der Waals surface area contributed by atoms with Gasteiger partial charge in [-0.1, -0.05) is 62.8 Å². The minimum absolute atomic E-state index is 0.315. The molecular formula is C17H25ClO. The Balaban J connectivity index is 1.85. The van der Waals surface area contributed by atoms with E-state index < -0.39 is 0 Å². The molecular weight excluding hydrogens is 256 g/mol. The van der Waals surface area contributed by atoms with E-state index in [2.05, 4.69) is 6.92 Å². The van der Waals surface area contributed by atoms with Gasteiger partial charge in [0.2, 0.25) is 0 Å². The van der Waals surface area contributed by atoms with Crippen molar-refractivity contribution >= 4 is 11.6 Å². The molecule has 1 nitrogen and oxygen atoms in total. The van der Waals surface area contributed by atoms with Gasteiger partial charge in [-0.15, -0.1) is 0 Å². The normalized spacial score (nSPS) is 25.2. The van der Waals surface area contributed by atoms with Crippen LogP contribution in [0.15, 0.2) is 24.3 Å². The van der Waals surface area contributed by atoms with Crippen LogP contribution < -0.4 is 0 Å². The number of unbranched alkanes of at least 4 members (excludes halogenated alkanes) is 1. The fraction of sp³-hybridized carbons (Fsp3) is 0.647. The summed E-state index contributed by atoms with van der Waals surface area (Å²) in [5, 5.41) is 11.2. The Morgan fingerprint density at radius 3 is 2.37 bits per heavy atom. The van der Waals surface area contributed by atoms with E-state index in [-0.39, 0.29) is 6.10 Å². The van der Waals surface area contributed by atoms with Gasteiger partial charge in [0.05, 0.1) is 6.10 Å². The van der Waals surface area contributed by atoms with Crippen LogP contribution in [-0.4, -0.2) is 5.11 Å². The predicted molar refractivity (Wildman–Crippen MR) is 81.4 cm³/mol. The summed E-state index contributed by atoms with van der Waals surface area (Å²) >= 11 is 5.89. The number of hydrogen-bond acceptors (Lipinski definition) is 1.